The van der Waals surface area contributed by atoms with Crippen LogP contribution in [0.3, 0.4) is 0 Å². The summed E-state index contributed by atoms with van der Waals surface area (Å²) in [4.78, 5) is 36.9. The molecule has 0 unspecified atom stereocenters. The number of carbonyl (C=O) groups excluding carboxylic acids is 3. The average Bonchev–Trinajstić information content (AvgIpc) is 2.67. The lowest BCUT2D eigenvalue weighted by atomic mass is 10.0. The van der Waals surface area contributed by atoms with E-state index in [1.54, 1.807) is 44.2 Å². The van der Waals surface area contributed by atoms with Gasteiger partial charge in [-0.05, 0) is 36.2 Å². The lowest BCUT2D eigenvalue weighted by Gasteiger charge is -2.21. The molecule has 0 aliphatic rings. The van der Waals surface area contributed by atoms with E-state index in [2.05, 4.69) is 10.6 Å². The first-order valence-electron chi connectivity index (χ1n) is 8.66. The van der Waals surface area contributed by atoms with Crippen LogP contribution < -0.4 is 10.6 Å². The molecule has 2 rings (SSSR count). The summed E-state index contributed by atoms with van der Waals surface area (Å²) >= 11 is 17.9. The maximum atomic E-state index is 12.4. The molecular formula is C20H19Cl3N2O4. The Morgan fingerprint density at radius 3 is 2.34 bits per heavy atom. The number of hydrogen-bond donors (Lipinski definition) is 2. The van der Waals surface area contributed by atoms with Gasteiger partial charge >= 0.3 is 5.97 Å². The second-order valence-corrected chi connectivity index (χ2v) is 7.71. The summed E-state index contributed by atoms with van der Waals surface area (Å²) in [5, 5.41) is 6.05. The summed E-state index contributed by atoms with van der Waals surface area (Å²) in [7, 11) is 0. The van der Waals surface area contributed by atoms with E-state index < -0.39 is 30.4 Å². The lowest BCUT2D eigenvalue weighted by Crippen LogP contribution is -2.46. The number of amides is 2. The third kappa shape index (κ3) is 6.63. The molecule has 2 amide bonds. The van der Waals surface area contributed by atoms with Gasteiger partial charge in [0.05, 0.1) is 21.3 Å². The van der Waals surface area contributed by atoms with E-state index in [0.717, 1.165) is 0 Å². The highest BCUT2D eigenvalue weighted by molar-refractivity contribution is 6.35. The molecule has 0 saturated carbocycles. The number of anilines is 1. The van der Waals surface area contributed by atoms with E-state index in [0.29, 0.717) is 15.7 Å². The SMILES string of the molecule is CC(C)[C@H](NC(=O)c1ccccc1Cl)C(=O)OCC(=O)Nc1cc(Cl)ccc1Cl. The van der Waals surface area contributed by atoms with E-state index >= 15 is 0 Å². The molecule has 0 aromatic heterocycles. The summed E-state index contributed by atoms with van der Waals surface area (Å²) < 4.78 is 5.06. The minimum Gasteiger partial charge on any atom is -0.454 e. The first-order valence-corrected chi connectivity index (χ1v) is 9.79. The molecule has 0 bridgehead atoms. The zero-order valence-corrected chi connectivity index (χ0v) is 17.9. The molecule has 0 radical (unpaired) electrons. The maximum absolute atomic E-state index is 12.4. The van der Waals surface area contributed by atoms with Crippen molar-refractivity contribution in [3.63, 3.8) is 0 Å². The topological polar surface area (TPSA) is 84.5 Å². The fourth-order valence-corrected chi connectivity index (χ4v) is 2.93. The standard InChI is InChI=1S/C20H19Cl3N2O4/c1-11(2)18(25-19(27)13-5-3-4-6-14(13)22)20(28)29-10-17(26)24-16-9-12(21)7-8-15(16)23/h3-9,11,18H,10H2,1-2H3,(H,24,26)(H,25,27)/t18-/m0/s1. The summed E-state index contributed by atoms with van der Waals surface area (Å²) in [6.45, 7) is 2.93. The highest BCUT2D eigenvalue weighted by Crippen LogP contribution is 2.25. The van der Waals surface area contributed by atoms with E-state index in [1.807, 2.05) is 0 Å². The van der Waals surface area contributed by atoms with E-state index in [1.165, 1.54) is 12.1 Å². The summed E-state index contributed by atoms with van der Waals surface area (Å²) in [5.41, 5.74) is 0.536. The van der Waals surface area contributed by atoms with Crippen molar-refractivity contribution in [2.24, 2.45) is 5.92 Å². The van der Waals surface area contributed by atoms with Gasteiger partial charge in [-0.25, -0.2) is 4.79 Å². The molecule has 154 valence electrons. The van der Waals surface area contributed by atoms with Crippen LogP contribution in [0.2, 0.25) is 15.1 Å². The Labute approximate surface area is 183 Å². The van der Waals surface area contributed by atoms with Crippen molar-refractivity contribution in [3.8, 4) is 0 Å². The summed E-state index contributed by atoms with van der Waals surface area (Å²) in [5.74, 6) is -2.13. The fourth-order valence-electron chi connectivity index (χ4n) is 2.37. The monoisotopic (exact) mass is 456 g/mol. The van der Waals surface area contributed by atoms with Gasteiger partial charge < -0.3 is 15.4 Å². The smallest absolute Gasteiger partial charge is 0.329 e. The second kappa shape index (κ2) is 10.5. The Bertz CT molecular complexity index is 918. The van der Waals surface area contributed by atoms with Crippen molar-refractivity contribution in [2.45, 2.75) is 19.9 Å². The summed E-state index contributed by atoms with van der Waals surface area (Å²) in [6.07, 6.45) is 0. The quantitative estimate of drug-likeness (QED) is 0.596. The van der Waals surface area contributed by atoms with Crippen molar-refractivity contribution in [1.82, 2.24) is 5.32 Å². The Morgan fingerprint density at radius 2 is 1.69 bits per heavy atom. The number of ether oxygens (including phenoxy) is 1. The number of benzene rings is 2. The first-order chi connectivity index (χ1) is 13.7. The van der Waals surface area contributed by atoms with Crippen molar-refractivity contribution < 1.29 is 19.1 Å². The molecule has 0 fully saturated rings. The van der Waals surface area contributed by atoms with Gasteiger partial charge in [0.2, 0.25) is 0 Å². The van der Waals surface area contributed by atoms with E-state index in [4.69, 9.17) is 39.5 Å². The van der Waals surface area contributed by atoms with Crippen LogP contribution in [-0.2, 0) is 14.3 Å². The van der Waals surface area contributed by atoms with Crippen LogP contribution in [0.1, 0.15) is 24.2 Å². The molecule has 29 heavy (non-hydrogen) atoms. The van der Waals surface area contributed by atoms with Gasteiger partial charge in [0, 0.05) is 5.02 Å². The molecule has 2 aromatic rings. The van der Waals surface area contributed by atoms with Gasteiger partial charge in [-0.1, -0.05) is 60.8 Å². The van der Waals surface area contributed by atoms with Crippen molar-refractivity contribution >= 4 is 58.3 Å². The molecule has 0 aliphatic carbocycles. The Kier molecular flexibility index (Phi) is 8.32. The van der Waals surface area contributed by atoms with Gasteiger partial charge in [-0.2, -0.15) is 0 Å². The third-order valence-electron chi connectivity index (χ3n) is 3.87. The molecule has 0 spiro atoms. The van der Waals surface area contributed by atoms with Crippen LogP contribution >= 0.6 is 34.8 Å². The predicted molar refractivity (Wildman–Crippen MR) is 114 cm³/mol. The highest BCUT2D eigenvalue weighted by Gasteiger charge is 2.27. The molecule has 0 aliphatic heterocycles. The molecule has 2 aromatic carbocycles. The van der Waals surface area contributed by atoms with Crippen LogP contribution in [0.25, 0.3) is 0 Å². The predicted octanol–water partition coefficient (Wildman–Crippen LogP) is 4.58. The van der Waals surface area contributed by atoms with Crippen molar-refractivity contribution in [1.29, 1.82) is 0 Å². The molecular weight excluding hydrogens is 439 g/mol. The number of hydrogen-bond acceptors (Lipinski definition) is 4. The largest absolute Gasteiger partial charge is 0.454 e. The normalized spacial score (nSPS) is 11.7. The first kappa shape index (κ1) is 23.0. The van der Waals surface area contributed by atoms with Gasteiger partial charge in [-0.3, -0.25) is 9.59 Å². The van der Waals surface area contributed by atoms with Gasteiger partial charge in [0.25, 0.3) is 11.8 Å². The van der Waals surface area contributed by atoms with Crippen LogP contribution in [0.5, 0.6) is 0 Å². The van der Waals surface area contributed by atoms with Crippen molar-refractivity contribution in [2.75, 3.05) is 11.9 Å². The van der Waals surface area contributed by atoms with Crippen LogP contribution in [0.4, 0.5) is 5.69 Å². The van der Waals surface area contributed by atoms with E-state index in [9.17, 15) is 14.4 Å². The molecule has 0 saturated heterocycles. The zero-order valence-electron chi connectivity index (χ0n) is 15.7. The second-order valence-electron chi connectivity index (χ2n) is 6.46. The molecule has 0 heterocycles. The molecule has 1 atom stereocenters. The third-order valence-corrected chi connectivity index (χ3v) is 4.77. The van der Waals surface area contributed by atoms with Crippen LogP contribution in [-0.4, -0.2) is 30.4 Å². The Morgan fingerprint density at radius 1 is 1.00 bits per heavy atom. The molecule has 6 nitrogen and oxygen atoms in total. The Balaban J connectivity index is 1.97. The molecule has 9 heteroatoms. The summed E-state index contributed by atoms with van der Waals surface area (Å²) in [6, 6.07) is 10.1. The number of carbonyl (C=O) groups is 3. The number of halogens is 3. The molecule has 2 N–H and O–H groups in total. The number of rotatable bonds is 7. The van der Waals surface area contributed by atoms with Crippen LogP contribution in [0, 0.1) is 5.92 Å². The van der Waals surface area contributed by atoms with Gasteiger partial charge in [0.15, 0.2) is 6.61 Å². The number of nitrogens with one attached hydrogen (secondary N) is 2. The van der Waals surface area contributed by atoms with Crippen LogP contribution in [0.15, 0.2) is 42.5 Å². The van der Waals surface area contributed by atoms with Gasteiger partial charge in [0.1, 0.15) is 6.04 Å². The zero-order chi connectivity index (χ0) is 21.6. The van der Waals surface area contributed by atoms with E-state index in [-0.39, 0.29) is 16.5 Å². The minimum atomic E-state index is -0.957. The maximum Gasteiger partial charge on any atom is 0.329 e. The van der Waals surface area contributed by atoms with Gasteiger partial charge in [-0.15, -0.1) is 0 Å². The average molecular weight is 458 g/mol. The fraction of sp³-hybridized carbons (Fsp3) is 0.250. The Hall–Kier alpha value is -2.28. The number of esters is 1. The van der Waals surface area contributed by atoms with Crippen molar-refractivity contribution in [3.05, 3.63) is 63.1 Å². The lowest BCUT2D eigenvalue weighted by molar-refractivity contribution is -0.150. The minimum absolute atomic E-state index is 0.237. The highest BCUT2D eigenvalue weighted by atomic mass is 35.5.